The van der Waals surface area contributed by atoms with E-state index in [4.69, 9.17) is 32.7 Å². The number of hydrogen-bond acceptors (Lipinski definition) is 5. The molecule has 0 aliphatic heterocycles. The third-order valence-electron chi connectivity index (χ3n) is 3.82. The van der Waals surface area contributed by atoms with Crippen LogP contribution in [0.1, 0.15) is 36.0 Å². The number of rotatable bonds is 14. The van der Waals surface area contributed by atoms with Crippen LogP contribution >= 0.6 is 23.2 Å². The summed E-state index contributed by atoms with van der Waals surface area (Å²) in [6, 6.07) is 2.93. The summed E-state index contributed by atoms with van der Waals surface area (Å²) in [5, 5.41) is 5.81. The Morgan fingerprint density at radius 1 is 0.900 bits per heavy atom. The second-order valence-electron chi connectivity index (χ2n) is 6.15. The Hall–Kier alpha value is -2.51. The number of carbonyl (C=O) groups is 3. The van der Waals surface area contributed by atoms with Crippen molar-refractivity contribution < 1.29 is 23.9 Å². The third kappa shape index (κ3) is 9.80. The van der Waals surface area contributed by atoms with Crippen LogP contribution in [0, 0.1) is 0 Å². The molecular weight excluding hydrogens is 431 g/mol. The number of amides is 2. The first-order valence-corrected chi connectivity index (χ1v) is 10.2. The normalized spacial score (nSPS) is 10.1. The largest absolute Gasteiger partial charge is 0.491 e. The maximum absolute atomic E-state index is 12.4. The molecule has 1 aromatic rings. The molecule has 30 heavy (non-hydrogen) atoms. The number of unbranched alkanes of at least 4 members (excludes halogenated alkanes) is 2. The highest BCUT2D eigenvalue weighted by atomic mass is 35.5. The van der Waals surface area contributed by atoms with E-state index in [1.165, 1.54) is 24.3 Å². The summed E-state index contributed by atoms with van der Waals surface area (Å²) < 4.78 is 10.9. The van der Waals surface area contributed by atoms with Crippen molar-refractivity contribution in [3.05, 3.63) is 53.1 Å². The first kappa shape index (κ1) is 25.5. The molecule has 0 atom stereocenters. The Morgan fingerprint density at radius 2 is 1.47 bits per heavy atom. The van der Waals surface area contributed by atoms with E-state index in [-0.39, 0.29) is 34.8 Å². The molecule has 1 rings (SSSR count). The molecule has 0 aliphatic carbocycles. The van der Waals surface area contributed by atoms with Crippen LogP contribution in [-0.4, -0.2) is 44.1 Å². The van der Waals surface area contributed by atoms with Gasteiger partial charge in [0.15, 0.2) is 5.75 Å². The Balaban J connectivity index is 2.50. The fourth-order valence-corrected chi connectivity index (χ4v) is 2.85. The predicted octanol–water partition coefficient (Wildman–Crippen LogP) is 3.69. The zero-order valence-electron chi connectivity index (χ0n) is 16.7. The zero-order chi connectivity index (χ0) is 22.4. The van der Waals surface area contributed by atoms with Crippen LogP contribution in [0.4, 0.5) is 0 Å². The van der Waals surface area contributed by atoms with Crippen molar-refractivity contribution in [1.82, 2.24) is 10.6 Å². The van der Waals surface area contributed by atoms with Gasteiger partial charge in [0.05, 0.1) is 18.2 Å². The van der Waals surface area contributed by atoms with Gasteiger partial charge in [-0.3, -0.25) is 9.59 Å². The number of esters is 1. The number of benzene rings is 1. The van der Waals surface area contributed by atoms with Crippen LogP contribution in [0.3, 0.4) is 0 Å². The number of ether oxygens (including phenoxy) is 2. The van der Waals surface area contributed by atoms with Gasteiger partial charge in [-0.2, -0.15) is 0 Å². The van der Waals surface area contributed by atoms with Crippen molar-refractivity contribution >= 4 is 41.0 Å². The van der Waals surface area contributed by atoms with Crippen molar-refractivity contribution in [3.8, 4) is 5.75 Å². The van der Waals surface area contributed by atoms with Crippen molar-refractivity contribution in [2.75, 3.05) is 26.3 Å². The number of nitrogens with one attached hydrogen (secondary N) is 2. The standard InChI is InChI=1S/C21H26Cl2N2O5/c1-3-18(26)24-9-5-7-11-29-20-16(13-15(22)14-17(20)23)21(28)30-12-8-6-10-25-19(27)4-2/h3-4,13-14H,1-2,5-12H2,(H,24,26)(H,25,27). The van der Waals surface area contributed by atoms with Gasteiger partial charge in [-0.25, -0.2) is 4.79 Å². The number of halogens is 2. The molecule has 9 heteroatoms. The molecule has 0 fully saturated rings. The second-order valence-corrected chi connectivity index (χ2v) is 7.00. The molecule has 0 heterocycles. The molecule has 164 valence electrons. The highest BCUT2D eigenvalue weighted by molar-refractivity contribution is 6.36. The van der Waals surface area contributed by atoms with Gasteiger partial charge in [0.2, 0.25) is 11.8 Å². The molecule has 0 spiro atoms. The van der Waals surface area contributed by atoms with E-state index in [0.29, 0.717) is 50.4 Å². The molecule has 0 unspecified atom stereocenters. The maximum Gasteiger partial charge on any atom is 0.342 e. The molecule has 0 bridgehead atoms. The van der Waals surface area contributed by atoms with Crippen LogP contribution in [0.25, 0.3) is 0 Å². The fourth-order valence-electron chi connectivity index (χ4n) is 2.30. The lowest BCUT2D eigenvalue weighted by Gasteiger charge is -2.14. The molecule has 0 saturated carbocycles. The lowest BCUT2D eigenvalue weighted by molar-refractivity contribution is -0.117. The van der Waals surface area contributed by atoms with Crippen molar-refractivity contribution in [3.63, 3.8) is 0 Å². The van der Waals surface area contributed by atoms with Gasteiger partial charge in [0.1, 0.15) is 5.56 Å². The van der Waals surface area contributed by atoms with Crippen molar-refractivity contribution in [1.29, 1.82) is 0 Å². The Labute approximate surface area is 186 Å². The minimum Gasteiger partial charge on any atom is -0.491 e. The SMILES string of the molecule is C=CC(=O)NCCCCOC(=O)c1cc(Cl)cc(Cl)c1OCCCCNC(=O)C=C. The molecule has 0 saturated heterocycles. The molecular formula is C21H26Cl2N2O5. The van der Waals surface area contributed by atoms with E-state index >= 15 is 0 Å². The Bertz CT molecular complexity index is 768. The molecule has 7 nitrogen and oxygen atoms in total. The van der Waals surface area contributed by atoms with Gasteiger partial charge in [-0.1, -0.05) is 36.4 Å². The van der Waals surface area contributed by atoms with Crippen LogP contribution in [0.5, 0.6) is 5.75 Å². The van der Waals surface area contributed by atoms with Gasteiger partial charge >= 0.3 is 5.97 Å². The molecule has 0 radical (unpaired) electrons. The van der Waals surface area contributed by atoms with E-state index in [1.807, 2.05) is 0 Å². The highest BCUT2D eigenvalue weighted by Gasteiger charge is 2.19. The van der Waals surface area contributed by atoms with Crippen LogP contribution in [-0.2, 0) is 14.3 Å². The van der Waals surface area contributed by atoms with E-state index in [1.54, 1.807) is 0 Å². The lowest BCUT2D eigenvalue weighted by atomic mass is 10.2. The van der Waals surface area contributed by atoms with Gasteiger partial charge in [0, 0.05) is 18.1 Å². The molecule has 2 amide bonds. The van der Waals surface area contributed by atoms with Gasteiger partial charge in [-0.15, -0.1) is 0 Å². The highest BCUT2D eigenvalue weighted by Crippen LogP contribution is 2.33. The van der Waals surface area contributed by atoms with Crippen LogP contribution in [0.15, 0.2) is 37.4 Å². The number of carbonyl (C=O) groups excluding carboxylic acids is 3. The second kappa shape index (κ2) is 14.5. The molecule has 1 aromatic carbocycles. The summed E-state index contributed by atoms with van der Waals surface area (Å²) >= 11 is 12.2. The smallest absolute Gasteiger partial charge is 0.342 e. The van der Waals surface area contributed by atoms with Gasteiger partial charge < -0.3 is 20.1 Å². The van der Waals surface area contributed by atoms with Gasteiger partial charge in [-0.05, 0) is 50.0 Å². The Morgan fingerprint density at radius 3 is 2.03 bits per heavy atom. The average Bonchev–Trinajstić information content (AvgIpc) is 2.73. The quantitative estimate of drug-likeness (QED) is 0.253. The van der Waals surface area contributed by atoms with Gasteiger partial charge in [0.25, 0.3) is 0 Å². The zero-order valence-corrected chi connectivity index (χ0v) is 18.2. The first-order valence-electron chi connectivity index (χ1n) is 9.48. The predicted molar refractivity (Wildman–Crippen MR) is 117 cm³/mol. The topological polar surface area (TPSA) is 93.7 Å². The van der Waals surface area contributed by atoms with Crippen molar-refractivity contribution in [2.24, 2.45) is 0 Å². The Kier molecular flexibility index (Phi) is 12.3. The molecule has 2 N–H and O–H groups in total. The van der Waals surface area contributed by atoms with E-state index in [0.717, 1.165) is 0 Å². The summed E-state index contributed by atoms with van der Waals surface area (Å²) in [6.45, 7) is 8.18. The van der Waals surface area contributed by atoms with Crippen LogP contribution in [0.2, 0.25) is 10.0 Å². The average molecular weight is 457 g/mol. The van der Waals surface area contributed by atoms with Crippen LogP contribution < -0.4 is 15.4 Å². The number of hydrogen-bond donors (Lipinski definition) is 2. The molecule has 0 aliphatic rings. The van der Waals surface area contributed by atoms with Crippen molar-refractivity contribution in [2.45, 2.75) is 25.7 Å². The summed E-state index contributed by atoms with van der Waals surface area (Å²) in [5.41, 5.74) is 0.146. The molecule has 0 aromatic heterocycles. The minimum absolute atomic E-state index is 0.146. The summed E-state index contributed by atoms with van der Waals surface area (Å²) in [7, 11) is 0. The first-order chi connectivity index (χ1) is 14.4. The lowest BCUT2D eigenvalue weighted by Crippen LogP contribution is -2.22. The summed E-state index contributed by atoms with van der Waals surface area (Å²) in [5.74, 6) is -0.863. The van der Waals surface area contributed by atoms with E-state index in [2.05, 4.69) is 23.8 Å². The van der Waals surface area contributed by atoms with E-state index in [9.17, 15) is 14.4 Å². The fraction of sp³-hybridized carbons (Fsp3) is 0.381. The van der Waals surface area contributed by atoms with E-state index < -0.39 is 5.97 Å². The summed E-state index contributed by atoms with van der Waals surface area (Å²) in [6.07, 6.45) is 4.95. The maximum atomic E-state index is 12.4. The summed E-state index contributed by atoms with van der Waals surface area (Å²) in [4.78, 5) is 34.6. The third-order valence-corrected chi connectivity index (χ3v) is 4.32. The monoisotopic (exact) mass is 456 g/mol. The minimum atomic E-state index is -0.595.